The average molecular weight is 306 g/mol. The summed E-state index contributed by atoms with van der Waals surface area (Å²) in [7, 11) is 3.18. The molecule has 0 saturated carbocycles. The molecule has 1 aliphatic heterocycles. The van der Waals surface area contributed by atoms with Crippen molar-refractivity contribution >= 4 is 11.8 Å². The summed E-state index contributed by atoms with van der Waals surface area (Å²) in [6, 6.07) is 7.01. The molecule has 1 aliphatic rings. The van der Waals surface area contributed by atoms with Crippen molar-refractivity contribution in [1.82, 2.24) is 4.90 Å². The van der Waals surface area contributed by atoms with Gasteiger partial charge in [0.1, 0.15) is 11.8 Å². The lowest BCUT2D eigenvalue weighted by Gasteiger charge is -2.22. The Kier molecular flexibility index (Phi) is 5.38. The highest BCUT2D eigenvalue weighted by Crippen LogP contribution is 2.23. The molecule has 1 aromatic carbocycles. The monoisotopic (exact) mass is 306 g/mol. The Morgan fingerprint density at radius 3 is 2.68 bits per heavy atom. The molecular formula is C16H22N2O4. The summed E-state index contributed by atoms with van der Waals surface area (Å²) < 4.78 is 10.5. The number of ether oxygens (including phenoxy) is 2. The lowest BCUT2D eigenvalue weighted by molar-refractivity contribution is -0.137. The highest BCUT2D eigenvalue weighted by molar-refractivity contribution is 5.87. The first kappa shape index (κ1) is 16.3. The van der Waals surface area contributed by atoms with E-state index < -0.39 is 11.9 Å². The quantitative estimate of drug-likeness (QED) is 0.840. The Hall–Kier alpha value is -2.08. The van der Waals surface area contributed by atoms with Gasteiger partial charge in [-0.1, -0.05) is 18.2 Å². The number of rotatable bonds is 6. The Bertz CT molecular complexity index is 547. The fourth-order valence-electron chi connectivity index (χ4n) is 2.81. The molecule has 2 rings (SSSR count). The number of carbonyl (C=O) groups excluding carboxylic acids is 2. The van der Waals surface area contributed by atoms with Gasteiger partial charge < -0.3 is 20.1 Å². The molecule has 0 bridgehead atoms. The standard InChI is InChI=1S/C16H22N2O4/c1-21-12-9-13(16(17)20)18(10-12)15(19)8-7-11-5-3-4-6-14(11)22-2/h3-6,12-13H,7-10H2,1-2H3,(H2,17,20)/t12-,13-/m0/s1. The minimum absolute atomic E-state index is 0.0887. The lowest BCUT2D eigenvalue weighted by Crippen LogP contribution is -2.43. The predicted octanol–water partition coefficient (Wildman–Crippen LogP) is 0.729. The molecule has 1 fully saturated rings. The molecule has 22 heavy (non-hydrogen) atoms. The zero-order valence-corrected chi connectivity index (χ0v) is 13.0. The number of benzene rings is 1. The van der Waals surface area contributed by atoms with Crippen LogP contribution in [0, 0.1) is 0 Å². The van der Waals surface area contributed by atoms with Crippen LogP contribution in [0.3, 0.4) is 0 Å². The first-order valence-electron chi connectivity index (χ1n) is 7.30. The number of hydrogen-bond donors (Lipinski definition) is 1. The highest BCUT2D eigenvalue weighted by Gasteiger charge is 2.38. The third kappa shape index (κ3) is 3.57. The molecular weight excluding hydrogens is 284 g/mol. The number of primary amides is 1. The van der Waals surface area contributed by atoms with Crippen molar-refractivity contribution in [2.75, 3.05) is 20.8 Å². The smallest absolute Gasteiger partial charge is 0.240 e. The fourth-order valence-corrected chi connectivity index (χ4v) is 2.81. The van der Waals surface area contributed by atoms with Gasteiger partial charge in [0.05, 0.1) is 13.2 Å². The van der Waals surface area contributed by atoms with Crippen molar-refractivity contribution in [2.24, 2.45) is 5.73 Å². The zero-order valence-electron chi connectivity index (χ0n) is 13.0. The van der Waals surface area contributed by atoms with Crippen LogP contribution in [0.2, 0.25) is 0 Å². The maximum Gasteiger partial charge on any atom is 0.240 e. The number of amides is 2. The number of aryl methyl sites for hydroxylation is 1. The maximum absolute atomic E-state index is 12.4. The lowest BCUT2D eigenvalue weighted by atomic mass is 10.1. The fraction of sp³-hybridized carbons (Fsp3) is 0.500. The molecule has 0 radical (unpaired) electrons. The summed E-state index contributed by atoms with van der Waals surface area (Å²) in [5, 5.41) is 0. The molecule has 0 unspecified atom stereocenters. The van der Waals surface area contributed by atoms with Crippen molar-refractivity contribution in [2.45, 2.75) is 31.4 Å². The van der Waals surface area contributed by atoms with Gasteiger partial charge in [-0.3, -0.25) is 9.59 Å². The second-order valence-corrected chi connectivity index (χ2v) is 5.37. The summed E-state index contributed by atoms with van der Waals surface area (Å²) in [6.45, 7) is 0.412. The van der Waals surface area contributed by atoms with E-state index in [9.17, 15) is 9.59 Å². The van der Waals surface area contributed by atoms with E-state index in [0.717, 1.165) is 11.3 Å². The topological polar surface area (TPSA) is 81.9 Å². The van der Waals surface area contributed by atoms with E-state index in [4.69, 9.17) is 15.2 Å². The SMILES string of the molecule is COc1ccccc1CCC(=O)N1C[C@@H](OC)C[C@H]1C(N)=O. The van der Waals surface area contributed by atoms with Gasteiger partial charge in [-0.2, -0.15) is 0 Å². The van der Waals surface area contributed by atoms with Gasteiger partial charge in [-0.05, 0) is 18.1 Å². The molecule has 2 amide bonds. The molecule has 120 valence electrons. The van der Waals surface area contributed by atoms with Crippen LogP contribution in [0.15, 0.2) is 24.3 Å². The number of para-hydroxylation sites is 1. The van der Waals surface area contributed by atoms with Gasteiger partial charge in [-0.15, -0.1) is 0 Å². The molecule has 6 heteroatoms. The third-order valence-electron chi connectivity index (χ3n) is 4.05. The Morgan fingerprint density at radius 2 is 2.05 bits per heavy atom. The number of nitrogens with zero attached hydrogens (tertiary/aromatic N) is 1. The van der Waals surface area contributed by atoms with Gasteiger partial charge >= 0.3 is 0 Å². The molecule has 6 nitrogen and oxygen atoms in total. The predicted molar refractivity (Wildman–Crippen MR) is 81.4 cm³/mol. The van der Waals surface area contributed by atoms with Crippen molar-refractivity contribution < 1.29 is 19.1 Å². The van der Waals surface area contributed by atoms with Crippen LogP contribution < -0.4 is 10.5 Å². The number of carbonyl (C=O) groups is 2. The van der Waals surface area contributed by atoms with E-state index in [1.54, 1.807) is 14.2 Å². The van der Waals surface area contributed by atoms with E-state index in [2.05, 4.69) is 0 Å². The summed E-state index contributed by atoms with van der Waals surface area (Å²) in [5.74, 6) is 0.192. The molecule has 1 aromatic rings. The normalized spacial score (nSPS) is 20.9. The van der Waals surface area contributed by atoms with E-state index in [-0.39, 0.29) is 12.0 Å². The van der Waals surface area contributed by atoms with E-state index in [1.165, 1.54) is 4.90 Å². The molecule has 2 atom stereocenters. The van der Waals surface area contributed by atoms with Crippen LogP contribution in [0.1, 0.15) is 18.4 Å². The zero-order chi connectivity index (χ0) is 16.1. The number of methoxy groups -OCH3 is 2. The van der Waals surface area contributed by atoms with Gasteiger partial charge in [0.2, 0.25) is 11.8 Å². The van der Waals surface area contributed by atoms with E-state index in [1.807, 2.05) is 24.3 Å². The van der Waals surface area contributed by atoms with Crippen LogP contribution in [0.5, 0.6) is 5.75 Å². The summed E-state index contributed by atoms with van der Waals surface area (Å²) in [4.78, 5) is 25.5. The molecule has 1 saturated heterocycles. The first-order chi connectivity index (χ1) is 10.6. The summed E-state index contributed by atoms with van der Waals surface area (Å²) >= 11 is 0. The highest BCUT2D eigenvalue weighted by atomic mass is 16.5. The Balaban J connectivity index is 2.00. The second kappa shape index (κ2) is 7.26. The number of hydrogen-bond acceptors (Lipinski definition) is 4. The van der Waals surface area contributed by atoms with Gasteiger partial charge in [0.15, 0.2) is 0 Å². The van der Waals surface area contributed by atoms with Crippen LogP contribution in [-0.4, -0.2) is 49.6 Å². The van der Waals surface area contributed by atoms with E-state index in [0.29, 0.717) is 25.8 Å². The van der Waals surface area contributed by atoms with E-state index >= 15 is 0 Å². The van der Waals surface area contributed by atoms with Gasteiger partial charge in [0, 0.05) is 26.5 Å². The summed E-state index contributed by atoms with van der Waals surface area (Å²) in [6.07, 6.45) is 1.20. The van der Waals surface area contributed by atoms with Crippen LogP contribution in [-0.2, 0) is 20.7 Å². The number of nitrogens with two attached hydrogens (primary N) is 1. The van der Waals surface area contributed by atoms with Crippen molar-refractivity contribution in [3.05, 3.63) is 29.8 Å². The average Bonchev–Trinajstić information content (AvgIpc) is 2.97. The van der Waals surface area contributed by atoms with Crippen LogP contribution >= 0.6 is 0 Å². The Labute approximate surface area is 130 Å². The molecule has 1 heterocycles. The molecule has 0 aromatic heterocycles. The molecule has 0 aliphatic carbocycles. The minimum Gasteiger partial charge on any atom is -0.496 e. The first-order valence-corrected chi connectivity index (χ1v) is 7.30. The Morgan fingerprint density at radius 1 is 1.32 bits per heavy atom. The van der Waals surface area contributed by atoms with Crippen molar-refractivity contribution in [3.63, 3.8) is 0 Å². The largest absolute Gasteiger partial charge is 0.496 e. The molecule has 2 N–H and O–H groups in total. The molecule has 0 spiro atoms. The minimum atomic E-state index is -0.574. The maximum atomic E-state index is 12.4. The van der Waals surface area contributed by atoms with Crippen molar-refractivity contribution in [3.8, 4) is 5.75 Å². The second-order valence-electron chi connectivity index (χ2n) is 5.37. The van der Waals surface area contributed by atoms with Gasteiger partial charge in [0.25, 0.3) is 0 Å². The van der Waals surface area contributed by atoms with Crippen molar-refractivity contribution in [1.29, 1.82) is 0 Å². The number of likely N-dealkylation sites (tertiary alicyclic amines) is 1. The summed E-state index contributed by atoms with van der Waals surface area (Å²) in [5.41, 5.74) is 6.36. The van der Waals surface area contributed by atoms with Gasteiger partial charge in [-0.25, -0.2) is 0 Å². The third-order valence-corrected chi connectivity index (χ3v) is 4.05. The van der Waals surface area contributed by atoms with Crippen LogP contribution in [0.25, 0.3) is 0 Å². The van der Waals surface area contributed by atoms with Crippen LogP contribution in [0.4, 0.5) is 0 Å².